The SMILES string of the molecule is COCN1c2nc(Cl)cc(n2)OC[C@@H](CC(C)C)C(C2CC3(CC3)C2)c2cccc(c2)S1(=O)=O. The van der Waals surface area contributed by atoms with Gasteiger partial charge in [-0.3, -0.25) is 0 Å². The van der Waals surface area contributed by atoms with E-state index in [1.807, 2.05) is 12.1 Å². The van der Waals surface area contributed by atoms with E-state index in [4.69, 9.17) is 21.1 Å². The second-order valence-electron chi connectivity index (χ2n) is 10.6. The number of anilines is 1. The van der Waals surface area contributed by atoms with Gasteiger partial charge in [0, 0.05) is 19.1 Å². The number of sulfonamides is 1. The first-order chi connectivity index (χ1) is 16.2. The van der Waals surface area contributed by atoms with E-state index in [1.165, 1.54) is 38.9 Å². The molecule has 2 aliphatic carbocycles. The van der Waals surface area contributed by atoms with Gasteiger partial charge in [-0.1, -0.05) is 37.6 Å². The van der Waals surface area contributed by atoms with Crippen LogP contribution in [0.5, 0.6) is 5.88 Å². The third kappa shape index (κ3) is 4.52. The fraction of sp³-hybridized carbons (Fsp3) is 0.600. The molecule has 0 radical (unpaired) electrons. The van der Waals surface area contributed by atoms with Crippen molar-refractivity contribution in [3.63, 3.8) is 0 Å². The lowest BCUT2D eigenvalue weighted by Gasteiger charge is -2.45. The minimum atomic E-state index is -3.99. The molecule has 9 heteroatoms. The van der Waals surface area contributed by atoms with Crippen LogP contribution in [0.15, 0.2) is 35.2 Å². The van der Waals surface area contributed by atoms with E-state index in [0.29, 0.717) is 23.9 Å². The molecule has 5 rings (SSSR count). The van der Waals surface area contributed by atoms with E-state index in [0.717, 1.165) is 16.3 Å². The molecule has 1 unspecified atom stereocenters. The molecule has 34 heavy (non-hydrogen) atoms. The highest BCUT2D eigenvalue weighted by atomic mass is 35.5. The fourth-order valence-corrected chi connectivity index (χ4v) is 7.37. The molecule has 2 aromatic rings. The Labute approximate surface area is 206 Å². The molecule has 2 heterocycles. The zero-order valence-corrected chi connectivity index (χ0v) is 21.5. The van der Waals surface area contributed by atoms with Gasteiger partial charge in [-0.2, -0.15) is 9.97 Å². The molecule has 1 aliphatic heterocycles. The van der Waals surface area contributed by atoms with Gasteiger partial charge in [0.25, 0.3) is 10.0 Å². The van der Waals surface area contributed by atoms with E-state index in [-0.39, 0.29) is 40.4 Å². The number of benzene rings is 1. The largest absolute Gasteiger partial charge is 0.477 e. The van der Waals surface area contributed by atoms with Crippen molar-refractivity contribution in [1.82, 2.24) is 9.97 Å². The van der Waals surface area contributed by atoms with E-state index < -0.39 is 10.0 Å². The summed E-state index contributed by atoms with van der Waals surface area (Å²) < 4.78 is 39.9. The summed E-state index contributed by atoms with van der Waals surface area (Å²) in [5, 5.41) is 0.119. The number of methoxy groups -OCH3 is 1. The van der Waals surface area contributed by atoms with E-state index in [2.05, 4.69) is 29.9 Å². The number of nitrogens with zero attached hydrogens (tertiary/aromatic N) is 3. The van der Waals surface area contributed by atoms with Crippen LogP contribution < -0.4 is 9.04 Å². The molecule has 2 saturated carbocycles. The van der Waals surface area contributed by atoms with Crippen LogP contribution in [0.3, 0.4) is 0 Å². The van der Waals surface area contributed by atoms with Crippen LogP contribution in [0.1, 0.15) is 57.4 Å². The van der Waals surface area contributed by atoms with Gasteiger partial charge in [0.15, 0.2) is 0 Å². The fourth-order valence-electron chi connectivity index (χ4n) is 5.87. The molecule has 1 spiro atoms. The lowest BCUT2D eigenvalue weighted by molar-refractivity contribution is 0.0808. The average molecular weight is 506 g/mol. The van der Waals surface area contributed by atoms with Crippen LogP contribution in [0.4, 0.5) is 5.95 Å². The molecule has 0 saturated heterocycles. The summed E-state index contributed by atoms with van der Waals surface area (Å²) in [5.74, 6) is 1.65. The highest BCUT2D eigenvalue weighted by Gasteiger charge is 2.55. The molecule has 3 aliphatic rings. The first-order valence-corrected chi connectivity index (χ1v) is 13.8. The van der Waals surface area contributed by atoms with E-state index in [9.17, 15) is 8.42 Å². The number of hydrogen-bond donors (Lipinski definition) is 0. The standard InChI is InChI=1S/C25H32ClN3O4S/c1-16(2)9-18-14-33-22-11-21(26)27-24(28-22)29(15-32-3)34(30,31)20-6-4-5-17(10-20)23(18)19-12-25(13-19)7-8-25/h4-6,10-11,16,18-19,23H,7-9,12-15H2,1-3H3/t18-,23?/m1/s1. The van der Waals surface area contributed by atoms with Crippen molar-refractivity contribution < 1.29 is 17.9 Å². The van der Waals surface area contributed by atoms with Gasteiger partial charge in [0.2, 0.25) is 11.8 Å². The Morgan fingerprint density at radius 2 is 2.00 bits per heavy atom. The van der Waals surface area contributed by atoms with Crippen molar-refractivity contribution in [1.29, 1.82) is 0 Å². The molecule has 4 bridgehead atoms. The van der Waals surface area contributed by atoms with Crippen molar-refractivity contribution in [3.05, 3.63) is 41.0 Å². The van der Waals surface area contributed by atoms with Crippen LogP contribution in [-0.2, 0) is 14.8 Å². The molecular weight excluding hydrogens is 474 g/mol. The number of fused-ring (bicyclic) bond motifs is 4. The van der Waals surface area contributed by atoms with Crippen molar-refractivity contribution >= 4 is 27.6 Å². The minimum absolute atomic E-state index is 0.0676. The Kier molecular flexibility index (Phi) is 6.27. The number of ether oxygens (including phenoxy) is 2. The minimum Gasteiger partial charge on any atom is -0.477 e. The number of hydrogen-bond acceptors (Lipinski definition) is 6. The van der Waals surface area contributed by atoms with Gasteiger partial charge in [0.05, 0.1) is 11.5 Å². The van der Waals surface area contributed by atoms with E-state index in [1.54, 1.807) is 6.07 Å². The van der Waals surface area contributed by atoms with Gasteiger partial charge in [-0.15, -0.1) is 0 Å². The highest BCUT2D eigenvalue weighted by molar-refractivity contribution is 7.92. The van der Waals surface area contributed by atoms with Crippen LogP contribution in [0.25, 0.3) is 0 Å². The lowest BCUT2D eigenvalue weighted by Crippen LogP contribution is -2.37. The second-order valence-corrected chi connectivity index (χ2v) is 12.8. The van der Waals surface area contributed by atoms with Gasteiger partial charge >= 0.3 is 0 Å². The Morgan fingerprint density at radius 1 is 1.24 bits per heavy atom. The van der Waals surface area contributed by atoms with Crippen molar-refractivity contribution in [2.45, 2.75) is 56.8 Å². The molecule has 2 fully saturated rings. The van der Waals surface area contributed by atoms with Gasteiger partial charge in [0.1, 0.15) is 11.9 Å². The predicted octanol–water partition coefficient (Wildman–Crippen LogP) is 5.26. The lowest BCUT2D eigenvalue weighted by atomic mass is 9.60. The molecular formula is C25H32ClN3O4S. The molecule has 0 amide bonds. The number of rotatable bonds is 5. The van der Waals surface area contributed by atoms with Crippen LogP contribution in [-0.4, -0.2) is 38.8 Å². The zero-order valence-electron chi connectivity index (χ0n) is 19.9. The second kappa shape index (κ2) is 8.95. The molecule has 7 nitrogen and oxygen atoms in total. The Bertz CT molecular complexity index is 1160. The maximum Gasteiger partial charge on any atom is 0.268 e. The Balaban J connectivity index is 1.64. The number of halogens is 1. The van der Waals surface area contributed by atoms with E-state index >= 15 is 0 Å². The summed E-state index contributed by atoms with van der Waals surface area (Å²) in [5.41, 5.74) is 1.61. The topological polar surface area (TPSA) is 81.6 Å². The Hall–Kier alpha value is -1.90. The summed E-state index contributed by atoms with van der Waals surface area (Å²) in [6, 6.07) is 8.93. The maximum atomic E-state index is 13.7. The quantitative estimate of drug-likeness (QED) is 0.516. The zero-order chi connectivity index (χ0) is 24.1. The molecule has 0 N–H and O–H groups in total. The summed E-state index contributed by atoms with van der Waals surface area (Å²) in [4.78, 5) is 8.78. The first kappa shape index (κ1) is 23.8. The summed E-state index contributed by atoms with van der Waals surface area (Å²) in [6.07, 6.45) is 6.05. The summed E-state index contributed by atoms with van der Waals surface area (Å²) >= 11 is 6.26. The third-order valence-corrected chi connectivity index (χ3v) is 9.43. The molecule has 184 valence electrons. The molecule has 1 aromatic heterocycles. The summed E-state index contributed by atoms with van der Waals surface area (Å²) in [6.45, 7) is 4.69. The van der Waals surface area contributed by atoms with Crippen LogP contribution in [0, 0.1) is 23.2 Å². The summed E-state index contributed by atoms with van der Waals surface area (Å²) in [7, 11) is -2.55. The smallest absolute Gasteiger partial charge is 0.268 e. The molecule has 1 aromatic carbocycles. The third-order valence-electron chi connectivity index (χ3n) is 7.54. The van der Waals surface area contributed by atoms with Crippen molar-refractivity contribution in [3.8, 4) is 5.88 Å². The van der Waals surface area contributed by atoms with Crippen LogP contribution in [0.2, 0.25) is 5.15 Å². The van der Waals surface area contributed by atoms with Gasteiger partial charge in [-0.25, -0.2) is 12.7 Å². The number of aromatic nitrogens is 2. The van der Waals surface area contributed by atoms with Gasteiger partial charge in [-0.05, 0) is 73.0 Å². The average Bonchev–Trinajstić information content (AvgIpc) is 3.55. The molecule has 2 atom stereocenters. The maximum absolute atomic E-state index is 13.7. The highest BCUT2D eigenvalue weighted by Crippen LogP contribution is 2.67. The Morgan fingerprint density at radius 3 is 2.68 bits per heavy atom. The van der Waals surface area contributed by atoms with Crippen LogP contribution >= 0.6 is 11.6 Å². The predicted molar refractivity (Wildman–Crippen MR) is 131 cm³/mol. The normalized spacial score (nSPS) is 25.3. The monoisotopic (exact) mass is 505 g/mol. The first-order valence-electron chi connectivity index (χ1n) is 12.0. The van der Waals surface area contributed by atoms with Gasteiger partial charge < -0.3 is 9.47 Å². The van der Waals surface area contributed by atoms with Crippen molar-refractivity contribution in [2.75, 3.05) is 24.8 Å². The van der Waals surface area contributed by atoms with Crippen molar-refractivity contribution in [2.24, 2.45) is 23.2 Å².